The first-order valence-electron chi connectivity index (χ1n) is 6.95. The predicted octanol–water partition coefficient (Wildman–Crippen LogP) is -0.327. The lowest BCUT2D eigenvalue weighted by molar-refractivity contribution is -0.862. The summed E-state index contributed by atoms with van der Waals surface area (Å²) in [5.41, 5.74) is 0.679. The van der Waals surface area contributed by atoms with Crippen LogP contribution in [0.1, 0.15) is 13.8 Å². The number of carbonyl (C=O) groups is 2. The van der Waals surface area contributed by atoms with Gasteiger partial charge in [0.25, 0.3) is 11.8 Å². The Kier molecular flexibility index (Phi) is 6.68. The summed E-state index contributed by atoms with van der Waals surface area (Å²) in [4.78, 5) is 24.4. The fraction of sp³-hybridized carbons (Fsp3) is 0.467. The van der Waals surface area contributed by atoms with Gasteiger partial charge < -0.3 is 20.3 Å². The maximum Gasteiger partial charge on any atom is 0.279 e. The molecule has 1 rings (SSSR count). The smallest absolute Gasteiger partial charge is 0.279 e. The van der Waals surface area contributed by atoms with Gasteiger partial charge in [-0.3, -0.25) is 9.59 Å². The molecule has 0 aliphatic rings. The summed E-state index contributed by atoms with van der Waals surface area (Å²) in [5, 5.41) is 5.59. The SMILES string of the molecule is COc1cccc(NC(=O)C[NH+](C)CC(=O)NC(C)C)c1. The van der Waals surface area contributed by atoms with Crippen LogP contribution in [0.15, 0.2) is 24.3 Å². The second-order valence-electron chi connectivity index (χ2n) is 5.31. The molecule has 1 aromatic carbocycles. The molecule has 1 unspecified atom stereocenters. The van der Waals surface area contributed by atoms with E-state index in [1.807, 2.05) is 27.0 Å². The van der Waals surface area contributed by atoms with Crippen molar-refractivity contribution in [2.75, 3.05) is 32.6 Å². The van der Waals surface area contributed by atoms with Crippen molar-refractivity contribution in [1.82, 2.24) is 5.32 Å². The number of carbonyl (C=O) groups excluding carboxylic acids is 2. The van der Waals surface area contributed by atoms with Crippen molar-refractivity contribution < 1.29 is 19.2 Å². The first-order chi connectivity index (χ1) is 9.90. The molecule has 6 heteroatoms. The van der Waals surface area contributed by atoms with Crippen LogP contribution in [0.25, 0.3) is 0 Å². The van der Waals surface area contributed by atoms with E-state index in [0.717, 1.165) is 4.90 Å². The molecule has 1 atom stereocenters. The number of benzene rings is 1. The van der Waals surface area contributed by atoms with E-state index < -0.39 is 0 Å². The second kappa shape index (κ2) is 8.26. The molecule has 0 aromatic heterocycles. The van der Waals surface area contributed by atoms with Crippen LogP contribution in [0, 0.1) is 0 Å². The third-order valence-electron chi connectivity index (χ3n) is 2.73. The Morgan fingerprint density at radius 3 is 2.52 bits per heavy atom. The Morgan fingerprint density at radius 2 is 1.90 bits per heavy atom. The summed E-state index contributed by atoms with van der Waals surface area (Å²) in [6.07, 6.45) is 0. The maximum absolute atomic E-state index is 11.9. The molecule has 116 valence electrons. The van der Waals surface area contributed by atoms with Crippen molar-refractivity contribution in [2.24, 2.45) is 0 Å². The zero-order chi connectivity index (χ0) is 15.8. The summed E-state index contributed by atoms with van der Waals surface area (Å²) < 4.78 is 5.10. The number of nitrogens with one attached hydrogen (secondary N) is 3. The van der Waals surface area contributed by atoms with Gasteiger partial charge in [-0.1, -0.05) is 6.07 Å². The fourth-order valence-electron chi connectivity index (χ4n) is 1.89. The van der Waals surface area contributed by atoms with Crippen molar-refractivity contribution >= 4 is 17.5 Å². The first-order valence-corrected chi connectivity index (χ1v) is 6.95. The van der Waals surface area contributed by atoms with Gasteiger partial charge in [-0.2, -0.15) is 0 Å². The molecule has 0 fully saturated rings. The van der Waals surface area contributed by atoms with Gasteiger partial charge in [0.2, 0.25) is 0 Å². The largest absolute Gasteiger partial charge is 0.497 e. The topological polar surface area (TPSA) is 71.9 Å². The van der Waals surface area contributed by atoms with Crippen LogP contribution in [-0.4, -0.2) is 45.1 Å². The molecule has 0 aliphatic carbocycles. The van der Waals surface area contributed by atoms with Crippen LogP contribution < -0.4 is 20.3 Å². The molecule has 0 bridgehead atoms. The quantitative estimate of drug-likeness (QED) is 0.645. The standard InChI is InChI=1S/C15H23N3O3/c1-11(2)16-14(19)9-18(3)10-15(20)17-12-6-5-7-13(8-12)21-4/h5-8,11H,9-10H2,1-4H3,(H,16,19)(H,17,20)/p+1. The number of anilines is 1. The van der Waals surface area contributed by atoms with Gasteiger partial charge in [0.1, 0.15) is 5.75 Å². The van der Waals surface area contributed by atoms with E-state index in [4.69, 9.17) is 4.74 Å². The molecule has 6 nitrogen and oxygen atoms in total. The molecule has 3 N–H and O–H groups in total. The molecule has 0 radical (unpaired) electrons. The number of hydrogen-bond donors (Lipinski definition) is 3. The minimum absolute atomic E-state index is 0.0586. The van der Waals surface area contributed by atoms with Gasteiger partial charge in [0.15, 0.2) is 13.1 Å². The summed E-state index contributed by atoms with van der Waals surface area (Å²) >= 11 is 0. The van der Waals surface area contributed by atoms with Crippen molar-refractivity contribution in [1.29, 1.82) is 0 Å². The van der Waals surface area contributed by atoms with E-state index >= 15 is 0 Å². The van der Waals surface area contributed by atoms with Crippen LogP contribution in [-0.2, 0) is 9.59 Å². The monoisotopic (exact) mass is 294 g/mol. The molecule has 21 heavy (non-hydrogen) atoms. The lowest BCUT2D eigenvalue weighted by Crippen LogP contribution is -3.11. The van der Waals surface area contributed by atoms with Gasteiger partial charge in [0, 0.05) is 17.8 Å². The van der Waals surface area contributed by atoms with Gasteiger partial charge in [-0.15, -0.1) is 0 Å². The molecule has 0 aliphatic heterocycles. The van der Waals surface area contributed by atoms with Crippen LogP contribution in [0.2, 0.25) is 0 Å². The lowest BCUT2D eigenvalue weighted by Gasteiger charge is -2.15. The van der Waals surface area contributed by atoms with Crippen molar-refractivity contribution in [3.05, 3.63) is 24.3 Å². The highest BCUT2D eigenvalue weighted by Gasteiger charge is 2.14. The summed E-state index contributed by atoms with van der Waals surface area (Å²) in [6, 6.07) is 7.26. The van der Waals surface area contributed by atoms with Gasteiger partial charge in [-0.25, -0.2) is 0 Å². The molecular weight excluding hydrogens is 270 g/mol. The van der Waals surface area contributed by atoms with Crippen molar-refractivity contribution in [2.45, 2.75) is 19.9 Å². The van der Waals surface area contributed by atoms with E-state index in [2.05, 4.69) is 10.6 Å². The van der Waals surface area contributed by atoms with Crippen LogP contribution in [0.4, 0.5) is 5.69 Å². The van der Waals surface area contributed by atoms with Crippen LogP contribution in [0.3, 0.4) is 0 Å². The fourth-order valence-corrected chi connectivity index (χ4v) is 1.89. The minimum Gasteiger partial charge on any atom is -0.497 e. The number of hydrogen-bond acceptors (Lipinski definition) is 3. The molecule has 1 aromatic rings. The lowest BCUT2D eigenvalue weighted by atomic mass is 10.3. The zero-order valence-corrected chi connectivity index (χ0v) is 13.0. The Bertz CT molecular complexity index is 489. The number of ether oxygens (including phenoxy) is 1. The zero-order valence-electron chi connectivity index (χ0n) is 13.0. The van der Waals surface area contributed by atoms with E-state index in [9.17, 15) is 9.59 Å². The Hall–Kier alpha value is -2.08. The van der Waals surface area contributed by atoms with Gasteiger partial charge >= 0.3 is 0 Å². The Balaban J connectivity index is 2.43. The third kappa shape index (κ3) is 6.76. The van der Waals surface area contributed by atoms with Crippen LogP contribution >= 0.6 is 0 Å². The highest BCUT2D eigenvalue weighted by atomic mass is 16.5. The summed E-state index contributed by atoms with van der Waals surface area (Å²) in [5.74, 6) is 0.486. The number of rotatable bonds is 7. The maximum atomic E-state index is 11.9. The number of methoxy groups -OCH3 is 1. The number of likely N-dealkylation sites (N-methyl/N-ethyl adjacent to an activating group) is 1. The normalized spacial score (nSPS) is 11.9. The van der Waals surface area contributed by atoms with E-state index in [-0.39, 0.29) is 30.9 Å². The van der Waals surface area contributed by atoms with E-state index in [1.54, 1.807) is 25.3 Å². The molecule has 0 saturated carbocycles. The highest BCUT2D eigenvalue weighted by Crippen LogP contribution is 2.16. The molecule has 0 saturated heterocycles. The van der Waals surface area contributed by atoms with Crippen molar-refractivity contribution in [3.63, 3.8) is 0 Å². The average Bonchev–Trinajstić information content (AvgIpc) is 2.37. The average molecular weight is 294 g/mol. The number of quaternary nitrogens is 1. The molecule has 0 heterocycles. The summed E-state index contributed by atoms with van der Waals surface area (Å²) in [6.45, 7) is 4.30. The van der Waals surface area contributed by atoms with Gasteiger partial charge in [-0.05, 0) is 26.0 Å². The minimum atomic E-state index is -0.141. The highest BCUT2D eigenvalue weighted by molar-refractivity contribution is 5.91. The van der Waals surface area contributed by atoms with E-state index in [0.29, 0.717) is 11.4 Å². The molecule has 2 amide bonds. The Morgan fingerprint density at radius 1 is 1.24 bits per heavy atom. The van der Waals surface area contributed by atoms with Crippen LogP contribution in [0.5, 0.6) is 5.75 Å². The molecule has 0 spiro atoms. The first kappa shape index (κ1) is 17.0. The molecular formula is C15H24N3O3+. The van der Waals surface area contributed by atoms with Gasteiger partial charge in [0.05, 0.1) is 14.2 Å². The Labute approximate surface area is 125 Å². The third-order valence-corrected chi connectivity index (χ3v) is 2.73. The number of amides is 2. The van der Waals surface area contributed by atoms with E-state index in [1.165, 1.54) is 0 Å². The van der Waals surface area contributed by atoms with Crippen molar-refractivity contribution in [3.8, 4) is 5.75 Å². The summed E-state index contributed by atoms with van der Waals surface area (Å²) in [7, 11) is 3.39. The second-order valence-corrected chi connectivity index (χ2v) is 5.31. The predicted molar refractivity (Wildman–Crippen MR) is 81.5 cm³/mol.